The molecule has 0 radical (unpaired) electrons. The molecule has 88 valence electrons. The van der Waals surface area contributed by atoms with Gasteiger partial charge in [-0.05, 0) is 12.1 Å². The molecule has 0 unspecified atom stereocenters. The van der Waals surface area contributed by atoms with E-state index in [4.69, 9.17) is 14.3 Å². The Labute approximate surface area is 109 Å². The maximum absolute atomic E-state index is 12.1. The van der Waals surface area contributed by atoms with Crippen LogP contribution in [-0.4, -0.2) is 26.8 Å². The van der Waals surface area contributed by atoms with Gasteiger partial charge in [-0.3, -0.25) is 9.59 Å². The van der Waals surface area contributed by atoms with Crippen molar-refractivity contribution in [3.8, 4) is 0 Å². The van der Waals surface area contributed by atoms with E-state index in [9.17, 15) is 9.59 Å². The van der Waals surface area contributed by atoms with Crippen molar-refractivity contribution < 1.29 is 12.3 Å². The van der Waals surface area contributed by atoms with Gasteiger partial charge in [0.15, 0.2) is 11.4 Å². The molecule has 18 heavy (non-hydrogen) atoms. The van der Waals surface area contributed by atoms with Gasteiger partial charge in [-0.1, -0.05) is 11.6 Å². The van der Waals surface area contributed by atoms with Crippen molar-refractivity contribution in [2.45, 2.75) is 0 Å². The number of carbonyl (C=O) groups excluding carboxylic acids is 2. The summed E-state index contributed by atoms with van der Waals surface area (Å²) in [7, 11) is 0. The zero-order chi connectivity index (χ0) is 14.4. The van der Waals surface area contributed by atoms with Gasteiger partial charge in [-0.15, -0.1) is 0 Å². The van der Waals surface area contributed by atoms with Crippen LogP contribution < -0.4 is 4.90 Å². The van der Waals surface area contributed by atoms with Crippen molar-refractivity contribution in [3.63, 3.8) is 0 Å². The van der Waals surface area contributed by atoms with Gasteiger partial charge in [-0.25, -0.2) is 19.9 Å². The molecule has 0 fully saturated rings. The molecule has 3 rings (SSSR count). The molecular weight excluding hydrogens is 256 g/mol. The Bertz CT molecular complexity index is 710. The van der Waals surface area contributed by atoms with Crippen LogP contribution in [0, 0.1) is 0 Å². The fourth-order valence-corrected chi connectivity index (χ4v) is 1.69. The number of anilines is 1. The Morgan fingerprint density at radius 2 is 1.67 bits per heavy atom. The predicted molar refractivity (Wildman–Crippen MR) is 62.4 cm³/mol. The highest BCUT2D eigenvalue weighted by atomic mass is 35.5. The third kappa shape index (κ3) is 1.46. The molecule has 0 saturated carbocycles. The van der Waals surface area contributed by atoms with Crippen LogP contribution in [0.2, 0.25) is 5.02 Å². The Morgan fingerprint density at radius 3 is 2.17 bits per heavy atom. The van der Waals surface area contributed by atoms with Crippen LogP contribution >= 0.6 is 11.6 Å². The van der Waals surface area contributed by atoms with E-state index >= 15 is 0 Å². The maximum Gasteiger partial charge on any atom is 0.287 e. The van der Waals surface area contributed by atoms with Crippen LogP contribution in [0.3, 0.4) is 0 Å². The van der Waals surface area contributed by atoms with Crippen molar-refractivity contribution in [3.05, 3.63) is 47.1 Å². The van der Waals surface area contributed by atoms with E-state index < -0.39 is 24.2 Å². The number of rotatable bonds is 1. The summed E-state index contributed by atoms with van der Waals surface area (Å²) in [5.41, 5.74) is -0.486. The second kappa shape index (κ2) is 3.85. The number of amides is 2. The fourth-order valence-electron chi connectivity index (χ4n) is 1.58. The molecule has 0 atom stereocenters. The average molecular weight is 263 g/mol. The SMILES string of the molecule is [2H]c1nc2c(nc1[2H])C(=O)N(c1ccc(Cl)cn1)C2=O. The van der Waals surface area contributed by atoms with E-state index in [1.807, 2.05) is 0 Å². The number of imide groups is 1. The van der Waals surface area contributed by atoms with Crippen LogP contribution in [0.5, 0.6) is 0 Å². The summed E-state index contributed by atoms with van der Waals surface area (Å²) in [6, 6.07) is 2.90. The highest BCUT2D eigenvalue weighted by Gasteiger charge is 2.39. The number of halogens is 1. The normalized spacial score (nSPS) is 15.5. The minimum Gasteiger partial charge on any atom is -0.266 e. The molecule has 0 N–H and O–H groups in total. The molecule has 2 amide bonds. The van der Waals surface area contributed by atoms with E-state index in [1.165, 1.54) is 18.3 Å². The minimum absolute atomic E-state index is 0.0854. The summed E-state index contributed by atoms with van der Waals surface area (Å²) in [5.74, 6) is -1.36. The molecule has 0 aromatic carbocycles. The summed E-state index contributed by atoms with van der Waals surface area (Å²) < 4.78 is 14.7. The lowest BCUT2D eigenvalue weighted by Gasteiger charge is -2.11. The number of pyridine rings is 1. The number of hydrogen-bond acceptors (Lipinski definition) is 5. The van der Waals surface area contributed by atoms with Crippen molar-refractivity contribution in [2.24, 2.45) is 0 Å². The monoisotopic (exact) mass is 262 g/mol. The average Bonchev–Trinajstić information content (AvgIpc) is 2.65. The molecule has 1 aliphatic rings. The minimum atomic E-state index is -0.721. The number of nitrogens with zero attached hydrogens (tertiary/aromatic N) is 4. The van der Waals surface area contributed by atoms with E-state index in [2.05, 4.69) is 15.0 Å². The summed E-state index contributed by atoms with van der Waals surface area (Å²) in [6.07, 6.45) is 0.374. The van der Waals surface area contributed by atoms with Crippen molar-refractivity contribution in [1.82, 2.24) is 15.0 Å². The van der Waals surface area contributed by atoms with Gasteiger partial charge < -0.3 is 0 Å². The van der Waals surface area contributed by atoms with Crippen LogP contribution in [-0.2, 0) is 0 Å². The molecule has 1 aliphatic heterocycles. The van der Waals surface area contributed by atoms with Crippen LogP contribution in [0.25, 0.3) is 0 Å². The van der Waals surface area contributed by atoms with Gasteiger partial charge in [-0.2, -0.15) is 0 Å². The van der Waals surface area contributed by atoms with Gasteiger partial charge in [0.2, 0.25) is 0 Å². The van der Waals surface area contributed by atoms with E-state index in [0.29, 0.717) is 5.02 Å². The third-order valence-electron chi connectivity index (χ3n) is 2.36. The fraction of sp³-hybridized carbons (Fsp3) is 0. The summed E-state index contributed by atoms with van der Waals surface area (Å²) >= 11 is 5.70. The lowest BCUT2D eigenvalue weighted by molar-refractivity contribution is 0.0922. The molecule has 7 heteroatoms. The Hall–Kier alpha value is -2.34. The number of fused-ring (bicyclic) bond motifs is 1. The van der Waals surface area contributed by atoms with Crippen molar-refractivity contribution >= 4 is 29.2 Å². The quantitative estimate of drug-likeness (QED) is 0.725. The Balaban J connectivity index is 2.12. The second-order valence-corrected chi connectivity index (χ2v) is 3.86. The van der Waals surface area contributed by atoms with Crippen LogP contribution in [0.15, 0.2) is 30.7 Å². The lowest BCUT2D eigenvalue weighted by Crippen LogP contribution is -2.30. The molecule has 0 spiro atoms. The highest BCUT2D eigenvalue weighted by Crippen LogP contribution is 2.24. The molecule has 0 aliphatic carbocycles. The number of aromatic nitrogens is 3. The van der Waals surface area contributed by atoms with Gasteiger partial charge in [0.05, 0.1) is 7.76 Å². The zero-order valence-corrected chi connectivity index (χ0v) is 9.47. The van der Waals surface area contributed by atoms with Crippen LogP contribution in [0.1, 0.15) is 23.7 Å². The van der Waals surface area contributed by atoms with E-state index in [1.54, 1.807) is 0 Å². The van der Waals surface area contributed by atoms with Crippen molar-refractivity contribution in [1.29, 1.82) is 0 Å². The first kappa shape index (κ1) is 8.71. The third-order valence-corrected chi connectivity index (χ3v) is 2.59. The maximum atomic E-state index is 12.1. The first-order valence-electron chi connectivity index (χ1n) is 5.84. The molecule has 6 nitrogen and oxygen atoms in total. The van der Waals surface area contributed by atoms with Gasteiger partial charge in [0.1, 0.15) is 5.82 Å². The first-order valence-corrected chi connectivity index (χ1v) is 5.22. The topological polar surface area (TPSA) is 76.1 Å². The molecule has 0 saturated heterocycles. The number of carbonyl (C=O) groups is 2. The van der Waals surface area contributed by atoms with Gasteiger partial charge in [0.25, 0.3) is 11.8 Å². The molecule has 2 aromatic rings. The standard InChI is InChI=1S/C11H5ClN4O2/c12-6-1-2-7(15-5-6)16-10(17)8-9(11(16)18)14-4-3-13-8/h1-5H/i3D,4D. The van der Waals surface area contributed by atoms with Gasteiger partial charge in [0, 0.05) is 18.5 Å². The van der Waals surface area contributed by atoms with E-state index in [-0.39, 0.29) is 17.2 Å². The zero-order valence-electron chi connectivity index (χ0n) is 10.7. The highest BCUT2D eigenvalue weighted by molar-refractivity contribution is 6.33. The lowest BCUT2D eigenvalue weighted by atomic mass is 10.3. The molecule has 3 heterocycles. The molecular formula is C11H5ClN4O2. The van der Waals surface area contributed by atoms with E-state index in [0.717, 1.165) is 4.90 Å². The molecule has 2 aromatic heterocycles. The summed E-state index contributed by atoms with van der Waals surface area (Å²) in [4.78, 5) is 36.2. The predicted octanol–water partition coefficient (Wildman–Crippen LogP) is 1.33. The summed E-state index contributed by atoms with van der Waals surface area (Å²) in [6.45, 7) is 0. The van der Waals surface area contributed by atoms with Crippen LogP contribution in [0.4, 0.5) is 5.82 Å². The van der Waals surface area contributed by atoms with Gasteiger partial charge >= 0.3 is 0 Å². The first-order chi connectivity index (χ1) is 9.49. The Morgan fingerprint density at radius 1 is 1.06 bits per heavy atom. The Kier molecular flexibility index (Phi) is 1.86. The smallest absolute Gasteiger partial charge is 0.266 e. The number of hydrogen-bond donors (Lipinski definition) is 0. The molecule has 0 bridgehead atoms. The second-order valence-electron chi connectivity index (χ2n) is 3.42. The van der Waals surface area contributed by atoms with Crippen molar-refractivity contribution in [2.75, 3.05) is 4.90 Å². The largest absolute Gasteiger partial charge is 0.287 e. The summed E-state index contributed by atoms with van der Waals surface area (Å²) in [5, 5.41) is 0.364.